The predicted molar refractivity (Wildman–Crippen MR) is 103 cm³/mol. The molecule has 2 aromatic rings. The number of nitrogens with zero attached hydrogens (tertiary/aromatic N) is 2. The van der Waals surface area contributed by atoms with E-state index in [1.165, 1.54) is 7.05 Å². The monoisotopic (exact) mass is 374 g/mol. The number of aryl methyl sites for hydroxylation is 2. The van der Waals surface area contributed by atoms with Crippen LogP contribution in [0.5, 0.6) is 0 Å². The first kappa shape index (κ1) is 20.1. The summed E-state index contributed by atoms with van der Waals surface area (Å²) in [5, 5.41) is 0. The van der Waals surface area contributed by atoms with Gasteiger partial charge in [0.05, 0.1) is 17.5 Å². The van der Waals surface area contributed by atoms with Crippen molar-refractivity contribution in [1.82, 2.24) is 9.21 Å². The molecule has 1 amide bonds. The summed E-state index contributed by atoms with van der Waals surface area (Å²) in [6.45, 7) is 5.52. The summed E-state index contributed by atoms with van der Waals surface area (Å²) in [6.07, 6.45) is 0. The van der Waals surface area contributed by atoms with Gasteiger partial charge in [-0.15, -0.1) is 0 Å². The van der Waals surface area contributed by atoms with Crippen molar-refractivity contribution in [3.05, 3.63) is 65.2 Å². The molecule has 0 bridgehead atoms. The zero-order valence-electron chi connectivity index (χ0n) is 15.9. The fourth-order valence-electron chi connectivity index (χ4n) is 2.61. The lowest BCUT2D eigenvalue weighted by atomic mass is 10.1. The second-order valence-electron chi connectivity index (χ2n) is 6.60. The Labute approximate surface area is 156 Å². The maximum atomic E-state index is 12.7. The Bertz CT molecular complexity index is 879. The van der Waals surface area contributed by atoms with E-state index in [1.54, 1.807) is 30.1 Å². The summed E-state index contributed by atoms with van der Waals surface area (Å²) in [4.78, 5) is 14.4. The topological polar surface area (TPSA) is 57.7 Å². The first-order valence-corrected chi connectivity index (χ1v) is 9.92. The Morgan fingerprint density at radius 3 is 2.19 bits per heavy atom. The number of hydrogen-bond donors (Lipinski definition) is 0. The molecule has 5 nitrogen and oxygen atoms in total. The summed E-state index contributed by atoms with van der Waals surface area (Å²) in [5.74, 6) is -0.253. The van der Waals surface area contributed by atoms with Crippen LogP contribution >= 0.6 is 0 Å². The van der Waals surface area contributed by atoms with Crippen LogP contribution in [0.2, 0.25) is 0 Å². The second kappa shape index (κ2) is 8.01. The van der Waals surface area contributed by atoms with Gasteiger partial charge < -0.3 is 4.90 Å². The van der Waals surface area contributed by atoms with Crippen LogP contribution in [-0.2, 0) is 14.8 Å². The Kier molecular flexibility index (Phi) is 6.21. The molecular weight excluding hydrogens is 348 g/mol. The van der Waals surface area contributed by atoms with Gasteiger partial charge in [-0.05, 0) is 49.6 Å². The molecule has 0 aliphatic rings. The van der Waals surface area contributed by atoms with E-state index in [2.05, 4.69) is 0 Å². The fraction of sp³-hybridized carbons (Fsp3) is 0.350. The third kappa shape index (κ3) is 4.31. The molecule has 0 aromatic heterocycles. The van der Waals surface area contributed by atoms with Crippen LogP contribution in [0, 0.1) is 13.8 Å². The van der Waals surface area contributed by atoms with Gasteiger partial charge in [-0.1, -0.05) is 36.4 Å². The molecule has 0 unspecified atom stereocenters. The molecule has 1 atom stereocenters. The Balaban J connectivity index is 2.13. The molecule has 2 aromatic carbocycles. The lowest BCUT2D eigenvalue weighted by molar-refractivity contribution is -0.131. The lowest BCUT2D eigenvalue weighted by Crippen LogP contribution is -2.40. The number of sulfonamides is 1. The molecule has 0 saturated carbocycles. The summed E-state index contributed by atoms with van der Waals surface area (Å²) < 4.78 is 26.6. The zero-order valence-corrected chi connectivity index (χ0v) is 16.7. The van der Waals surface area contributed by atoms with Crippen molar-refractivity contribution in [3.63, 3.8) is 0 Å². The molecular formula is C20H26N2O3S. The summed E-state index contributed by atoms with van der Waals surface area (Å²) in [5.41, 5.74) is 2.93. The van der Waals surface area contributed by atoms with E-state index in [4.69, 9.17) is 0 Å². The number of hydrogen-bond acceptors (Lipinski definition) is 3. The molecule has 0 heterocycles. The molecule has 0 spiro atoms. The molecule has 26 heavy (non-hydrogen) atoms. The first-order valence-electron chi connectivity index (χ1n) is 8.48. The SMILES string of the molecule is Cc1ccc(S(=O)(=O)N(C)CC(=O)N(C)[C@H](C)c2ccccc2)cc1C. The van der Waals surface area contributed by atoms with E-state index < -0.39 is 10.0 Å². The Morgan fingerprint density at radius 1 is 1.00 bits per heavy atom. The van der Waals surface area contributed by atoms with Crippen LogP contribution in [0.25, 0.3) is 0 Å². The highest BCUT2D eigenvalue weighted by molar-refractivity contribution is 7.89. The minimum atomic E-state index is -3.71. The van der Waals surface area contributed by atoms with Crippen LogP contribution in [0.1, 0.15) is 29.7 Å². The predicted octanol–water partition coefficient (Wildman–Crippen LogP) is 3.14. The minimum Gasteiger partial charge on any atom is -0.338 e. The molecule has 2 rings (SSSR count). The van der Waals surface area contributed by atoms with E-state index in [9.17, 15) is 13.2 Å². The summed E-state index contributed by atoms with van der Waals surface area (Å²) >= 11 is 0. The number of rotatable bonds is 6. The fourth-order valence-corrected chi connectivity index (χ4v) is 3.82. The van der Waals surface area contributed by atoms with Gasteiger partial charge in [0.15, 0.2) is 0 Å². The number of benzene rings is 2. The van der Waals surface area contributed by atoms with Gasteiger partial charge in [-0.3, -0.25) is 4.79 Å². The molecule has 0 aliphatic heterocycles. The van der Waals surface area contributed by atoms with Gasteiger partial charge in [0.25, 0.3) is 0 Å². The third-order valence-corrected chi connectivity index (χ3v) is 6.60. The van der Waals surface area contributed by atoms with Gasteiger partial charge >= 0.3 is 0 Å². The van der Waals surface area contributed by atoms with Crippen molar-refractivity contribution < 1.29 is 13.2 Å². The normalized spacial score (nSPS) is 12.8. The van der Waals surface area contributed by atoms with Gasteiger partial charge in [0, 0.05) is 14.1 Å². The Hall–Kier alpha value is -2.18. The molecule has 0 fully saturated rings. The molecule has 140 valence electrons. The standard InChI is InChI=1S/C20H26N2O3S/c1-15-11-12-19(13-16(15)2)26(24,25)21(4)14-20(23)22(5)17(3)18-9-7-6-8-10-18/h6-13,17H,14H2,1-5H3/t17-/m1/s1. The van der Waals surface area contributed by atoms with Gasteiger partial charge in [0.1, 0.15) is 0 Å². The highest BCUT2D eigenvalue weighted by Crippen LogP contribution is 2.21. The highest BCUT2D eigenvalue weighted by Gasteiger charge is 2.26. The minimum absolute atomic E-state index is 0.138. The van der Waals surface area contributed by atoms with Crippen LogP contribution in [0.4, 0.5) is 0 Å². The van der Waals surface area contributed by atoms with Crippen LogP contribution in [0.15, 0.2) is 53.4 Å². The van der Waals surface area contributed by atoms with E-state index >= 15 is 0 Å². The van der Waals surface area contributed by atoms with Crippen molar-refractivity contribution in [2.24, 2.45) is 0 Å². The number of carbonyl (C=O) groups excluding carboxylic acids is 1. The molecule has 0 aliphatic carbocycles. The molecule has 0 N–H and O–H groups in total. The smallest absolute Gasteiger partial charge is 0.243 e. The number of amides is 1. The zero-order chi connectivity index (χ0) is 19.5. The van der Waals surface area contributed by atoms with E-state index in [0.29, 0.717) is 0 Å². The maximum Gasteiger partial charge on any atom is 0.243 e. The van der Waals surface area contributed by atoms with Gasteiger partial charge in [-0.25, -0.2) is 8.42 Å². The van der Waals surface area contributed by atoms with Crippen molar-refractivity contribution >= 4 is 15.9 Å². The molecule has 0 radical (unpaired) electrons. The van der Waals surface area contributed by atoms with Crippen molar-refractivity contribution in [1.29, 1.82) is 0 Å². The number of likely N-dealkylation sites (N-methyl/N-ethyl adjacent to an activating group) is 2. The third-order valence-electron chi connectivity index (χ3n) is 4.80. The van der Waals surface area contributed by atoms with Crippen molar-refractivity contribution in [2.45, 2.75) is 31.7 Å². The van der Waals surface area contributed by atoms with Crippen molar-refractivity contribution in [3.8, 4) is 0 Å². The van der Waals surface area contributed by atoms with Crippen LogP contribution in [-0.4, -0.2) is 44.2 Å². The average molecular weight is 375 g/mol. The van der Waals surface area contributed by atoms with Crippen LogP contribution < -0.4 is 0 Å². The number of carbonyl (C=O) groups is 1. The average Bonchev–Trinajstić information content (AvgIpc) is 2.63. The van der Waals surface area contributed by atoms with Crippen LogP contribution in [0.3, 0.4) is 0 Å². The quantitative estimate of drug-likeness (QED) is 0.780. The lowest BCUT2D eigenvalue weighted by Gasteiger charge is -2.27. The first-order chi connectivity index (χ1) is 12.1. The summed E-state index contributed by atoms with van der Waals surface area (Å²) in [7, 11) is -0.586. The maximum absolute atomic E-state index is 12.7. The Morgan fingerprint density at radius 2 is 1.62 bits per heavy atom. The van der Waals surface area contributed by atoms with Crippen molar-refractivity contribution in [2.75, 3.05) is 20.6 Å². The molecule has 0 saturated heterocycles. The molecule has 6 heteroatoms. The van der Waals surface area contributed by atoms with E-state index in [0.717, 1.165) is 21.0 Å². The second-order valence-corrected chi connectivity index (χ2v) is 8.64. The van der Waals surface area contributed by atoms with Gasteiger partial charge in [-0.2, -0.15) is 4.31 Å². The van der Waals surface area contributed by atoms with Gasteiger partial charge in [0.2, 0.25) is 15.9 Å². The van der Waals surface area contributed by atoms with E-state index in [1.807, 2.05) is 51.1 Å². The summed E-state index contributed by atoms with van der Waals surface area (Å²) in [6, 6.07) is 14.5. The largest absolute Gasteiger partial charge is 0.338 e. The highest BCUT2D eigenvalue weighted by atomic mass is 32.2. The van der Waals surface area contributed by atoms with E-state index in [-0.39, 0.29) is 23.4 Å².